The van der Waals surface area contributed by atoms with Gasteiger partial charge in [-0.05, 0) is 7.05 Å². The largest absolute Gasteiger partial charge is 0.515 e. The van der Waals surface area contributed by atoms with Crippen molar-refractivity contribution >= 4 is 17.9 Å². The Hall–Kier alpha value is -0.800. The lowest BCUT2D eigenvalue weighted by atomic mass is 10.1. The zero-order chi connectivity index (χ0) is 9.14. The summed E-state index contributed by atoms with van der Waals surface area (Å²) in [5.74, 6) is 0. The Morgan fingerprint density at radius 3 is 2.75 bits per heavy atom. The molecule has 0 atom stereocenters. The van der Waals surface area contributed by atoms with E-state index < -0.39 is 0 Å². The molecule has 0 spiro atoms. The van der Waals surface area contributed by atoms with E-state index in [-0.39, 0.29) is 0 Å². The highest BCUT2D eigenvalue weighted by atomic mass is 35.5. The molecule has 1 aliphatic rings. The van der Waals surface area contributed by atoms with Crippen molar-refractivity contribution < 1.29 is 9.90 Å². The molecule has 0 aromatic heterocycles. The molecule has 0 unspecified atom stereocenters. The maximum atomic E-state index is 10.5. The number of aldehydes is 1. The topological polar surface area (TPSA) is 40.5 Å². The van der Waals surface area contributed by atoms with Crippen molar-refractivity contribution in [2.45, 2.75) is 0 Å². The number of nitrogens with zero attached hydrogens (tertiary/aromatic N) is 1. The number of hydrogen-bond donors (Lipinski definition) is 1. The fourth-order valence-corrected chi connectivity index (χ4v) is 1.38. The van der Waals surface area contributed by atoms with Crippen molar-refractivity contribution in [3.05, 3.63) is 22.4 Å². The van der Waals surface area contributed by atoms with Gasteiger partial charge in [0.25, 0.3) is 0 Å². The summed E-state index contributed by atoms with van der Waals surface area (Å²) in [6.07, 6.45) is 1.67. The van der Waals surface area contributed by atoms with Crippen LogP contribution in [-0.4, -0.2) is 36.4 Å². The van der Waals surface area contributed by atoms with E-state index in [0.717, 1.165) is 12.5 Å². The van der Waals surface area contributed by atoms with Gasteiger partial charge < -0.3 is 5.11 Å². The number of carbonyl (C=O) groups excluding carboxylic acids is 1. The summed E-state index contributed by atoms with van der Waals surface area (Å²) < 4.78 is 0. The SMILES string of the molecule is CN1CC(C=O)=C(Cl)/C(=C\O)C1. The van der Waals surface area contributed by atoms with Crippen LogP contribution >= 0.6 is 11.6 Å². The lowest BCUT2D eigenvalue weighted by Crippen LogP contribution is -2.29. The number of aliphatic hydroxyl groups is 1. The number of rotatable bonds is 1. The zero-order valence-electron chi connectivity index (χ0n) is 6.75. The van der Waals surface area contributed by atoms with Crippen LogP contribution in [0.5, 0.6) is 0 Å². The second kappa shape index (κ2) is 3.74. The molecule has 0 saturated carbocycles. The quantitative estimate of drug-likeness (QED) is 0.493. The Morgan fingerprint density at radius 1 is 1.58 bits per heavy atom. The lowest BCUT2D eigenvalue weighted by molar-refractivity contribution is -0.105. The van der Waals surface area contributed by atoms with Gasteiger partial charge in [-0.1, -0.05) is 11.6 Å². The predicted octanol–water partition coefficient (Wildman–Crippen LogP) is 1.07. The predicted molar refractivity (Wildman–Crippen MR) is 47.2 cm³/mol. The maximum Gasteiger partial charge on any atom is 0.148 e. The highest BCUT2D eigenvalue weighted by molar-refractivity contribution is 6.33. The van der Waals surface area contributed by atoms with E-state index in [1.54, 1.807) is 0 Å². The molecule has 0 aromatic rings. The van der Waals surface area contributed by atoms with Crippen LogP contribution in [0, 0.1) is 0 Å². The van der Waals surface area contributed by atoms with E-state index in [2.05, 4.69) is 0 Å². The number of halogens is 1. The molecule has 0 aromatic carbocycles. The van der Waals surface area contributed by atoms with Crippen LogP contribution in [0.3, 0.4) is 0 Å². The lowest BCUT2D eigenvalue weighted by Gasteiger charge is -2.24. The normalized spacial score (nSPS) is 23.3. The average Bonchev–Trinajstić information content (AvgIpc) is 2.08. The van der Waals surface area contributed by atoms with Crippen molar-refractivity contribution in [2.75, 3.05) is 20.1 Å². The standard InChI is InChI=1S/C8H10ClNO2/c1-10-2-6(4-11)8(9)7(3-10)5-12/h4-5,11H,2-3H2,1H3/b6-4-. The number of carbonyl (C=O) groups is 1. The molecule has 4 heteroatoms. The molecule has 1 heterocycles. The third-order valence-corrected chi connectivity index (χ3v) is 2.23. The first kappa shape index (κ1) is 9.29. The molecule has 66 valence electrons. The minimum atomic E-state index is 0.380. The second-order valence-electron chi connectivity index (χ2n) is 2.78. The van der Waals surface area contributed by atoms with Gasteiger partial charge in [0.15, 0.2) is 0 Å². The van der Waals surface area contributed by atoms with E-state index in [4.69, 9.17) is 16.7 Å². The van der Waals surface area contributed by atoms with Crippen LogP contribution < -0.4 is 0 Å². The van der Waals surface area contributed by atoms with Gasteiger partial charge in [0, 0.05) is 24.2 Å². The van der Waals surface area contributed by atoms with Crippen LogP contribution in [0.4, 0.5) is 0 Å². The summed E-state index contributed by atoms with van der Waals surface area (Å²) in [6.45, 7) is 1.12. The highest BCUT2D eigenvalue weighted by Crippen LogP contribution is 2.23. The van der Waals surface area contributed by atoms with Gasteiger partial charge in [-0.3, -0.25) is 9.69 Å². The van der Waals surface area contributed by atoms with Gasteiger partial charge in [0.2, 0.25) is 0 Å². The monoisotopic (exact) mass is 187 g/mol. The molecule has 1 aliphatic heterocycles. The fraction of sp³-hybridized carbons (Fsp3) is 0.375. The summed E-state index contributed by atoms with van der Waals surface area (Å²) in [7, 11) is 1.86. The van der Waals surface area contributed by atoms with Crippen LogP contribution in [-0.2, 0) is 4.79 Å². The van der Waals surface area contributed by atoms with Gasteiger partial charge >= 0.3 is 0 Å². The first-order valence-corrected chi connectivity index (χ1v) is 3.92. The smallest absolute Gasteiger partial charge is 0.148 e. The Kier molecular flexibility index (Phi) is 2.89. The minimum Gasteiger partial charge on any atom is -0.515 e. The highest BCUT2D eigenvalue weighted by Gasteiger charge is 2.18. The second-order valence-corrected chi connectivity index (χ2v) is 3.16. The van der Waals surface area contributed by atoms with E-state index in [1.807, 2.05) is 11.9 Å². The molecule has 3 nitrogen and oxygen atoms in total. The Bertz CT molecular complexity index is 258. The van der Waals surface area contributed by atoms with Crippen molar-refractivity contribution in [1.82, 2.24) is 4.90 Å². The first-order valence-electron chi connectivity index (χ1n) is 3.55. The minimum absolute atomic E-state index is 0.380. The Morgan fingerprint density at radius 2 is 2.25 bits per heavy atom. The summed E-state index contributed by atoms with van der Waals surface area (Å²) in [5, 5.41) is 9.15. The van der Waals surface area contributed by atoms with Crippen LogP contribution in [0.1, 0.15) is 0 Å². The molecular formula is C8H10ClNO2. The molecule has 0 saturated heterocycles. The molecule has 0 radical (unpaired) electrons. The molecule has 0 bridgehead atoms. The number of aliphatic hydroxyl groups excluding tert-OH is 1. The Labute approximate surface area is 75.9 Å². The van der Waals surface area contributed by atoms with E-state index >= 15 is 0 Å². The third-order valence-electron chi connectivity index (χ3n) is 1.74. The van der Waals surface area contributed by atoms with Gasteiger partial charge in [-0.15, -0.1) is 0 Å². The number of hydrogen-bond acceptors (Lipinski definition) is 3. The van der Waals surface area contributed by atoms with Gasteiger partial charge in [0.1, 0.15) is 6.29 Å². The van der Waals surface area contributed by atoms with Gasteiger partial charge in [0.05, 0.1) is 11.3 Å². The molecule has 12 heavy (non-hydrogen) atoms. The van der Waals surface area contributed by atoms with Gasteiger partial charge in [-0.25, -0.2) is 0 Å². The zero-order valence-corrected chi connectivity index (χ0v) is 7.51. The molecule has 1 N–H and O–H groups in total. The maximum absolute atomic E-state index is 10.5. The summed E-state index contributed by atoms with van der Waals surface area (Å²) >= 11 is 5.81. The molecular weight excluding hydrogens is 178 g/mol. The van der Waals surface area contributed by atoms with E-state index in [1.165, 1.54) is 0 Å². The summed E-state index contributed by atoms with van der Waals surface area (Å²) in [5.41, 5.74) is 1.11. The third kappa shape index (κ3) is 1.68. The first-order chi connectivity index (χ1) is 5.69. The number of likely N-dealkylation sites (N-methyl/N-ethyl adjacent to an activating group) is 1. The van der Waals surface area contributed by atoms with Crippen molar-refractivity contribution in [1.29, 1.82) is 0 Å². The molecule has 0 amide bonds. The molecule has 1 rings (SSSR count). The fourth-order valence-electron chi connectivity index (χ4n) is 1.17. The van der Waals surface area contributed by atoms with Gasteiger partial charge in [-0.2, -0.15) is 0 Å². The van der Waals surface area contributed by atoms with E-state index in [9.17, 15) is 4.79 Å². The molecule has 0 fully saturated rings. The Balaban J connectivity index is 3.01. The van der Waals surface area contributed by atoms with Crippen LogP contribution in [0.25, 0.3) is 0 Å². The van der Waals surface area contributed by atoms with Crippen molar-refractivity contribution in [3.8, 4) is 0 Å². The molecule has 0 aliphatic carbocycles. The van der Waals surface area contributed by atoms with Crippen molar-refractivity contribution in [2.24, 2.45) is 0 Å². The van der Waals surface area contributed by atoms with Crippen LogP contribution in [0.15, 0.2) is 22.4 Å². The van der Waals surface area contributed by atoms with Crippen LogP contribution in [0.2, 0.25) is 0 Å². The average molecular weight is 188 g/mol. The summed E-state index contributed by atoms with van der Waals surface area (Å²) in [4.78, 5) is 12.4. The van der Waals surface area contributed by atoms with E-state index in [0.29, 0.717) is 29.3 Å². The summed E-state index contributed by atoms with van der Waals surface area (Å²) in [6, 6.07) is 0. The van der Waals surface area contributed by atoms with Crippen molar-refractivity contribution in [3.63, 3.8) is 0 Å².